The molecule has 3 fully saturated rings. The van der Waals surface area contributed by atoms with Crippen molar-refractivity contribution in [2.24, 2.45) is 5.41 Å². The molecule has 2 saturated heterocycles. The minimum absolute atomic E-state index is 0.168. The van der Waals surface area contributed by atoms with Crippen LogP contribution < -0.4 is 15.4 Å². The number of carbonyl (C=O) groups is 1. The smallest absolute Gasteiger partial charge is 0.225 e. The van der Waals surface area contributed by atoms with E-state index in [0.29, 0.717) is 24.2 Å². The van der Waals surface area contributed by atoms with Gasteiger partial charge in [-0.25, -0.2) is 0 Å². The summed E-state index contributed by atoms with van der Waals surface area (Å²) in [5.74, 6) is 1.93. The quantitative estimate of drug-likeness (QED) is 0.891. The topological polar surface area (TPSA) is 84.6 Å². The molecule has 1 spiro atoms. The number of piperidine rings is 2. The van der Waals surface area contributed by atoms with E-state index in [2.05, 4.69) is 19.8 Å². The number of rotatable bonds is 3. The van der Waals surface area contributed by atoms with Crippen molar-refractivity contribution in [3.05, 3.63) is 6.07 Å². The molecular weight excluding hydrogens is 330 g/mol. The van der Waals surface area contributed by atoms with Gasteiger partial charge in [-0.15, -0.1) is 0 Å². The van der Waals surface area contributed by atoms with Gasteiger partial charge in [0.05, 0.1) is 7.11 Å². The van der Waals surface area contributed by atoms with Crippen LogP contribution in [0.15, 0.2) is 6.07 Å². The molecule has 1 amide bonds. The van der Waals surface area contributed by atoms with Gasteiger partial charge in [0.15, 0.2) is 0 Å². The Morgan fingerprint density at radius 2 is 2.00 bits per heavy atom. The first kappa shape index (κ1) is 17.4. The lowest BCUT2D eigenvalue weighted by molar-refractivity contribution is -0.140. The van der Waals surface area contributed by atoms with Crippen LogP contribution >= 0.6 is 0 Å². The molecule has 2 aliphatic heterocycles. The second-order valence-electron chi connectivity index (χ2n) is 8.11. The fourth-order valence-electron chi connectivity index (χ4n) is 5.03. The highest BCUT2D eigenvalue weighted by Gasteiger charge is 2.44. The molecule has 26 heavy (non-hydrogen) atoms. The molecule has 0 unspecified atom stereocenters. The van der Waals surface area contributed by atoms with Crippen molar-refractivity contribution in [2.45, 2.75) is 57.4 Å². The lowest BCUT2D eigenvalue weighted by Gasteiger charge is -2.50. The van der Waals surface area contributed by atoms with Crippen LogP contribution in [0.2, 0.25) is 0 Å². The largest absolute Gasteiger partial charge is 0.481 e. The molecule has 1 aromatic rings. The van der Waals surface area contributed by atoms with Gasteiger partial charge in [0.25, 0.3) is 0 Å². The van der Waals surface area contributed by atoms with Crippen LogP contribution in [-0.4, -0.2) is 53.6 Å². The van der Waals surface area contributed by atoms with E-state index in [-0.39, 0.29) is 11.4 Å². The molecule has 7 heteroatoms. The van der Waals surface area contributed by atoms with E-state index < -0.39 is 0 Å². The molecule has 0 radical (unpaired) electrons. The molecular formula is C19H29N5O2. The van der Waals surface area contributed by atoms with Crippen molar-refractivity contribution < 1.29 is 9.53 Å². The summed E-state index contributed by atoms with van der Waals surface area (Å²) in [7, 11) is 1.59. The number of aromatic nitrogens is 2. The molecule has 4 rings (SSSR count). The summed E-state index contributed by atoms with van der Waals surface area (Å²) in [6.45, 7) is 2.77. The standard InChI is InChI=1S/C19H29N5O2/c1-26-16-11-15(21-18(20)22-16)23-10-4-8-19(12-23)9-7-17(25)24(13-19)14-5-2-3-6-14/h11,14H,2-10,12-13H2,1H3,(H2,20,21,22)/t19-/m0/s1. The molecule has 0 aromatic carbocycles. The minimum atomic E-state index is 0.168. The number of hydrogen-bond donors (Lipinski definition) is 1. The fourth-order valence-corrected chi connectivity index (χ4v) is 5.03. The molecule has 1 saturated carbocycles. The number of nitrogens with two attached hydrogens (primary N) is 1. The fraction of sp³-hybridized carbons (Fsp3) is 0.737. The number of amides is 1. The average molecular weight is 359 g/mol. The molecule has 1 aliphatic carbocycles. The zero-order valence-electron chi connectivity index (χ0n) is 15.6. The maximum Gasteiger partial charge on any atom is 0.225 e. The lowest BCUT2D eigenvalue weighted by Crippen LogP contribution is -2.56. The molecule has 142 valence electrons. The summed E-state index contributed by atoms with van der Waals surface area (Å²) in [4.78, 5) is 25.6. The number of methoxy groups -OCH3 is 1. The van der Waals surface area contributed by atoms with Gasteiger partial charge >= 0.3 is 0 Å². The normalized spacial score (nSPS) is 27.3. The minimum Gasteiger partial charge on any atom is -0.481 e. The van der Waals surface area contributed by atoms with Crippen molar-refractivity contribution in [1.29, 1.82) is 0 Å². The van der Waals surface area contributed by atoms with Crippen molar-refractivity contribution >= 4 is 17.7 Å². The SMILES string of the molecule is COc1cc(N2CCC[C@]3(CCC(=O)N(C4CCCC4)C3)C2)nc(N)n1. The highest BCUT2D eigenvalue weighted by molar-refractivity contribution is 5.77. The van der Waals surface area contributed by atoms with Gasteiger partial charge in [0.1, 0.15) is 5.82 Å². The zero-order chi connectivity index (χ0) is 18.1. The van der Waals surface area contributed by atoms with Gasteiger partial charge in [-0.3, -0.25) is 4.79 Å². The van der Waals surface area contributed by atoms with Crippen LogP contribution in [0.25, 0.3) is 0 Å². The van der Waals surface area contributed by atoms with Crippen LogP contribution in [0.4, 0.5) is 11.8 Å². The van der Waals surface area contributed by atoms with Crippen molar-refractivity contribution in [2.75, 3.05) is 37.4 Å². The number of hydrogen-bond acceptors (Lipinski definition) is 6. The van der Waals surface area contributed by atoms with E-state index in [9.17, 15) is 4.79 Å². The Bertz CT molecular complexity index is 676. The predicted molar refractivity (Wildman–Crippen MR) is 100 cm³/mol. The Morgan fingerprint density at radius 3 is 2.77 bits per heavy atom. The summed E-state index contributed by atoms with van der Waals surface area (Å²) in [6.07, 6.45) is 8.80. The second-order valence-corrected chi connectivity index (χ2v) is 8.11. The van der Waals surface area contributed by atoms with Crippen molar-refractivity contribution in [1.82, 2.24) is 14.9 Å². The summed E-state index contributed by atoms with van der Waals surface area (Å²) < 4.78 is 5.25. The van der Waals surface area contributed by atoms with E-state index in [0.717, 1.165) is 38.3 Å². The summed E-state index contributed by atoms with van der Waals surface area (Å²) in [6, 6.07) is 2.32. The Hall–Kier alpha value is -2.05. The van der Waals surface area contributed by atoms with Crippen LogP contribution in [0.5, 0.6) is 5.88 Å². The second kappa shape index (κ2) is 6.93. The number of ether oxygens (including phenoxy) is 1. The van der Waals surface area contributed by atoms with Gasteiger partial charge < -0.3 is 20.3 Å². The summed E-state index contributed by atoms with van der Waals surface area (Å²) >= 11 is 0. The van der Waals surface area contributed by atoms with E-state index in [1.807, 2.05) is 6.07 Å². The lowest BCUT2D eigenvalue weighted by atomic mass is 9.73. The highest BCUT2D eigenvalue weighted by Crippen LogP contribution is 2.42. The first-order chi connectivity index (χ1) is 12.6. The molecule has 1 aromatic heterocycles. The summed E-state index contributed by atoms with van der Waals surface area (Å²) in [5, 5.41) is 0. The van der Waals surface area contributed by atoms with E-state index in [4.69, 9.17) is 10.5 Å². The van der Waals surface area contributed by atoms with Crippen LogP contribution in [0.1, 0.15) is 51.4 Å². The van der Waals surface area contributed by atoms with Gasteiger partial charge in [-0.2, -0.15) is 9.97 Å². The third kappa shape index (κ3) is 3.31. The monoisotopic (exact) mass is 359 g/mol. The Kier molecular flexibility index (Phi) is 4.63. The molecule has 1 atom stereocenters. The number of nitrogen functional groups attached to an aromatic ring is 1. The number of carbonyl (C=O) groups excluding carboxylic acids is 1. The maximum absolute atomic E-state index is 12.5. The molecule has 2 N–H and O–H groups in total. The molecule has 3 heterocycles. The van der Waals surface area contributed by atoms with Crippen molar-refractivity contribution in [3.63, 3.8) is 0 Å². The van der Waals surface area contributed by atoms with Crippen LogP contribution in [0.3, 0.4) is 0 Å². The van der Waals surface area contributed by atoms with Gasteiger partial charge in [-0.1, -0.05) is 12.8 Å². The third-order valence-electron chi connectivity index (χ3n) is 6.36. The van der Waals surface area contributed by atoms with Crippen LogP contribution in [-0.2, 0) is 4.79 Å². The maximum atomic E-state index is 12.5. The van der Waals surface area contributed by atoms with E-state index >= 15 is 0 Å². The average Bonchev–Trinajstić information content (AvgIpc) is 3.18. The number of anilines is 2. The van der Waals surface area contributed by atoms with E-state index in [1.54, 1.807) is 7.11 Å². The Labute approximate surface area is 154 Å². The zero-order valence-corrected chi connectivity index (χ0v) is 15.6. The molecule has 7 nitrogen and oxygen atoms in total. The Morgan fingerprint density at radius 1 is 1.19 bits per heavy atom. The first-order valence-electron chi connectivity index (χ1n) is 9.82. The van der Waals surface area contributed by atoms with E-state index in [1.165, 1.54) is 32.1 Å². The number of nitrogens with zero attached hydrogens (tertiary/aromatic N) is 4. The summed E-state index contributed by atoms with van der Waals surface area (Å²) in [5.41, 5.74) is 6.02. The third-order valence-corrected chi connectivity index (χ3v) is 6.36. The van der Waals surface area contributed by atoms with Gasteiger partial charge in [0, 0.05) is 43.6 Å². The first-order valence-corrected chi connectivity index (χ1v) is 9.82. The van der Waals surface area contributed by atoms with Gasteiger partial charge in [-0.05, 0) is 32.1 Å². The predicted octanol–water partition coefficient (Wildman–Crippen LogP) is 2.22. The number of likely N-dealkylation sites (tertiary alicyclic amines) is 1. The highest BCUT2D eigenvalue weighted by atomic mass is 16.5. The van der Waals surface area contributed by atoms with Gasteiger partial charge in [0.2, 0.25) is 17.7 Å². The van der Waals surface area contributed by atoms with Crippen molar-refractivity contribution in [3.8, 4) is 5.88 Å². The molecule has 3 aliphatic rings. The van der Waals surface area contributed by atoms with Crippen LogP contribution in [0, 0.1) is 5.41 Å². The molecule has 0 bridgehead atoms. The Balaban J connectivity index is 1.54.